The molecule has 1 heterocycles. The highest BCUT2D eigenvalue weighted by Crippen LogP contribution is 2.27. The van der Waals surface area contributed by atoms with Crippen LogP contribution in [0.25, 0.3) is 11.1 Å². The van der Waals surface area contributed by atoms with Crippen molar-refractivity contribution in [1.82, 2.24) is 4.98 Å². The molecular formula is C14H14ClNO. The summed E-state index contributed by atoms with van der Waals surface area (Å²) in [6.45, 7) is 4.01. The number of ether oxygens (including phenoxy) is 1. The lowest BCUT2D eigenvalue weighted by atomic mass is 10.1. The fourth-order valence-electron chi connectivity index (χ4n) is 1.59. The van der Waals surface area contributed by atoms with Crippen molar-refractivity contribution < 1.29 is 4.74 Å². The zero-order chi connectivity index (χ0) is 12.3. The standard InChI is InChI=1S/C14H14ClNO/c1-10(2)17-12-7-5-11(6-8-12)13-4-3-9-16-14(13)15/h3-10H,1-2H3. The second kappa shape index (κ2) is 5.19. The average molecular weight is 248 g/mol. The molecule has 88 valence electrons. The number of rotatable bonds is 3. The summed E-state index contributed by atoms with van der Waals surface area (Å²) >= 11 is 6.04. The normalized spacial score (nSPS) is 10.6. The van der Waals surface area contributed by atoms with E-state index in [1.54, 1.807) is 6.20 Å². The van der Waals surface area contributed by atoms with Crippen LogP contribution in [-0.2, 0) is 0 Å². The number of nitrogens with zero attached hydrogens (tertiary/aromatic N) is 1. The Kier molecular flexibility index (Phi) is 3.64. The van der Waals surface area contributed by atoms with E-state index >= 15 is 0 Å². The summed E-state index contributed by atoms with van der Waals surface area (Å²) in [6, 6.07) is 11.7. The van der Waals surface area contributed by atoms with Crippen LogP contribution in [0.2, 0.25) is 5.15 Å². The third-order valence-electron chi connectivity index (χ3n) is 2.30. The second-order valence-corrected chi connectivity index (χ2v) is 4.39. The van der Waals surface area contributed by atoms with E-state index in [0.29, 0.717) is 5.15 Å². The van der Waals surface area contributed by atoms with Gasteiger partial charge in [-0.3, -0.25) is 0 Å². The van der Waals surface area contributed by atoms with Crippen molar-refractivity contribution in [2.75, 3.05) is 0 Å². The van der Waals surface area contributed by atoms with Crippen molar-refractivity contribution in [2.24, 2.45) is 0 Å². The van der Waals surface area contributed by atoms with E-state index in [9.17, 15) is 0 Å². The number of benzene rings is 1. The fourth-order valence-corrected chi connectivity index (χ4v) is 1.82. The molecule has 0 unspecified atom stereocenters. The molecule has 0 bridgehead atoms. The predicted molar refractivity (Wildman–Crippen MR) is 70.4 cm³/mol. The Hall–Kier alpha value is -1.54. The molecule has 0 N–H and O–H groups in total. The molecular weight excluding hydrogens is 234 g/mol. The van der Waals surface area contributed by atoms with Crippen LogP contribution in [-0.4, -0.2) is 11.1 Å². The Morgan fingerprint density at radius 3 is 2.41 bits per heavy atom. The maximum absolute atomic E-state index is 6.04. The summed E-state index contributed by atoms with van der Waals surface area (Å²) in [5.41, 5.74) is 1.98. The number of hydrogen-bond donors (Lipinski definition) is 0. The summed E-state index contributed by atoms with van der Waals surface area (Å²) in [6.07, 6.45) is 1.87. The highest BCUT2D eigenvalue weighted by molar-refractivity contribution is 6.32. The van der Waals surface area contributed by atoms with Gasteiger partial charge in [-0.1, -0.05) is 23.7 Å². The van der Waals surface area contributed by atoms with Crippen LogP contribution in [0.15, 0.2) is 42.6 Å². The second-order valence-electron chi connectivity index (χ2n) is 4.03. The zero-order valence-corrected chi connectivity index (χ0v) is 10.6. The number of halogens is 1. The first-order valence-electron chi connectivity index (χ1n) is 5.54. The topological polar surface area (TPSA) is 22.1 Å². The Morgan fingerprint density at radius 1 is 1.12 bits per heavy atom. The van der Waals surface area contributed by atoms with Gasteiger partial charge in [0.25, 0.3) is 0 Å². The quantitative estimate of drug-likeness (QED) is 0.759. The average Bonchev–Trinajstić information content (AvgIpc) is 2.30. The van der Waals surface area contributed by atoms with Gasteiger partial charge in [0.2, 0.25) is 0 Å². The van der Waals surface area contributed by atoms with Gasteiger partial charge in [-0.15, -0.1) is 0 Å². The molecule has 2 nitrogen and oxygen atoms in total. The molecule has 0 radical (unpaired) electrons. The van der Waals surface area contributed by atoms with Crippen LogP contribution in [0.4, 0.5) is 0 Å². The summed E-state index contributed by atoms with van der Waals surface area (Å²) in [5.74, 6) is 0.865. The van der Waals surface area contributed by atoms with Crippen LogP contribution in [0.3, 0.4) is 0 Å². The molecule has 0 saturated heterocycles. The molecule has 0 fully saturated rings. The van der Waals surface area contributed by atoms with Gasteiger partial charge in [-0.05, 0) is 43.7 Å². The molecule has 3 heteroatoms. The minimum atomic E-state index is 0.183. The van der Waals surface area contributed by atoms with Crippen molar-refractivity contribution in [3.05, 3.63) is 47.7 Å². The largest absolute Gasteiger partial charge is 0.491 e. The monoisotopic (exact) mass is 247 g/mol. The first-order chi connectivity index (χ1) is 8.16. The minimum Gasteiger partial charge on any atom is -0.491 e. The van der Waals surface area contributed by atoms with Crippen LogP contribution >= 0.6 is 11.6 Å². The molecule has 0 amide bonds. The van der Waals surface area contributed by atoms with Gasteiger partial charge in [-0.2, -0.15) is 0 Å². The SMILES string of the molecule is CC(C)Oc1ccc(-c2cccnc2Cl)cc1. The van der Waals surface area contributed by atoms with Gasteiger partial charge in [0, 0.05) is 11.8 Å². The molecule has 0 spiro atoms. The molecule has 0 saturated carbocycles. The van der Waals surface area contributed by atoms with E-state index in [1.807, 2.05) is 50.2 Å². The van der Waals surface area contributed by atoms with E-state index < -0.39 is 0 Å². The van der Waals surface area contributed by atoms with E-state index in [2.05, 4.69) is 4.98 Å². The van der Waals surface area contributed by atoms with Gasteiger partial charge >= 0.3 is 0 Å². The van der Waals surface area contributed by atoms with E-state index in [1.165, 1.54) is 0 Å². The van der Waals surface area contributed by atoms with Crippen molar-refractivity contribution in [1.29, 1.82) is 0 Å². The molecule has 0 aliphatic rings. The molecule has 1 aromatic heterocycles. The fraction of sp³-hybridized carbons (Fsp3) is 0.214. The predicted octanol–water partition coefficient (Wildman–Crippen LogP) is 4.19. The van der Waals surface area contributed by atoms with E-state index in [-0.39, 0.29) is 6.10 Å². The molecule has 0 atom stereocenters. The van der Waals surface area contributed by atoms with Gasteiger partial charge in [0.15, 0.2) is 0 Å². The zero-order valence-electron chi connectivity index (χ0n) is 9.85. The smallest absolute Gasteiger partial charge is 0.136 e. The van der Waals surface area contributed by atoms with E-state index in [4.69, 9.17) is 16.3 Å². The van der Waals surface area contributed by atoms with Gasteiger partial charge in [-0.25, -0.2) is 4.98 Å². The van der Waals surface area contributed by atoms with Crippen LogP contribution in [0, 0.1) is 0 Å². The van der Waals surface area contributed by atoms with Crippen LogP contribution in [0.5, 0.6) is 5.75 Å². The lowest BCUT2D eigenvalue weighted by molar-refractivity contribution is 0.242. The molecule has 2 aromatic rings. The van der Waals surface area contributed by atoms with Crippen molar-refractivity contribution in [3.8, 4) is 16.9 Å². The number of pyridine rings is 1. The summed E-state index contributed by atoms with van der Waals surface area (Å²) in [7, 11) is 0. The molecule has 1 aromatic carbocycles. The lowest BCUT2D eigenvalue weighted by Crippen LogP contribution is -2.05. The maximum Gasteiger partial charge on any atom is 0.136 e. The highest BCUT2D eigenvalue weighted by Gasteiger charge is 2.04. The third kappa shape index (κ3) is 2.98. The highest BCUT2D eigenvalue weighted by atomic mass is 35.5. The number of aromatic nitrogens is 1. The first kappa shape index (κ1) is 11.9. The molecule has 0 aliphatic carbocycles. The molecule has 17 heavy (non-hydrogen) atoms. The van der Waals surface area contributed by atoms with Crippen molar-refractivity contribution >= 4 is 11.6 Å². The van der Waals surface area contributed by atoms with E-state index in [0.717, 1.165) is 16.9 Å². The van der Waals surface area contributed by atoms with Crippen molar-refractivity contribution in [2.45, 2.75) is 20.0 Å². The van der Waals surface area contributed by atoms with Crippen molar-refractivity contribution in [3.63, 3.8) is 0 Å². The number of hydrogen-bond acceptors (Lipinski definition) is 2. The summed E-state index contributed by atoms with van der Waals surface area (Å²) < 4.78 is 5.59. The lowest BCUT2D eigenvalue weighted by Gasteiger charge is -2.10. The molecule has 0 aliphatic heterocycles. The van der Waals surface area contributed by atoms with Gasteiger partial charge < -0.3 is 4.74 Å². The van der Waals surface area contributed by atoms with Crippen LogP contribution < -0.4 is 4.74 Å². The third-order valence-corrected chi connectivity index (χ3v) is 2.60. The van der Waals surface area contributed by atoms with Gasteiger partial charge in [0.1, 0.15) is 10.9 Å². The Labute approximate surface area is 106 Å². The van der Waals surface area contributed by atoms with Gasteiger partial charge in [0.05, 0.1) is 6.10 Å². The minimum absolute atomic E-state index is 0.183. The molecule has 2 rings (SSSR count). The summed E-state index contributed by atoms with van der Waals surface area (Å²) in [5, 5.41) is 0.519. The Bertz CT molecular complexity index is 494. The summed E-state index contributed by atoms with van der Waals surface area (Å²) in [4.78, 5) is 4.06. The Balaban J connectivity index is 2.27. The van der Waals surface area contributed by atoms with Crippen LogP contribution in [0.1, 0.15) is 13.8 Å². The first-order valence-corrected chi connectivity index (χ1v) is 5.92. The maximum atomic E-state index is 6.04. The Morgan fingerprint density at radius 2 is 1.82 bits per heavy atom.